The number of nitrogens with one attached hydrogen (secondary N) is 1. The van der Waals surface area contributed by atoms with Gasteiger partial charge in [0.1, 0.15) is 5.82 Å². The van der Waals surface area contributed by atoms with Gasteiger partial charge in [0.15, 0.2) is 6.10 Å². The first-order valence-electron chi connectivity index (χ1n) is 6.48. The van der Waals surface area contributed by atoms with E-state index in [0.29, 0.717) is 19.6 Å². The van der Waals surface area contributed by atoms with Crippen molar-refractivity contribution >= 4 is 17.6 Å². The standard InChI is InChI=1S/C14H19FN2O4/c1-9(13(18)17-6-3-7-20-2)21-14(19)11-5-4-10(15)8-12(11)16/h4-5,8-9H,3,6-7,16H2,1-2H3,(H,17,18). The monoisotopic (exact) mass is 298 g/mol. The van der Waals surface area contributed by atoms with Crippen LogP contribution >= 0.6 is 0 Å². The summed E-state index contributed by atoms with van der Waals surface area (Å²) in [5, 5.41) is 2.61. The second-order valence-electron chi connectivity index (χ2n) is 4.42. The Hall–Kier alpha value is -2.15. The van der Waals surface area contributed by atoms with Crippen molar-refractivity contribution in [2.75, 3.05) is 26.0 Å². The van der Waals surface area contributed by atoms with Gasteiger partial charge in [-0.3, -0.25) is 4.79 Å². The van der Waals surface area contributed by atoms with Gasteiger partial charge in [0.2, 0.25) is 0 Å². The molecule has 0 spiro atoms. The lowest BCUT2D eigenvalue weighted by molar-refractivity contribution is -0.129. The molecule has 0 aliphatic carbocycles. The smallest absolute Gasteiger partial charge is 0.341 e. The molecule has 0 saturated carbocycles. The Morgan fingerprint density at radius 1 is 1.43 bits per heavy atom. The minimum absolute atomic E-state index is 0.0235. The fourth-order valence-electron chi connectivity index (χ4n) is 1.57. The number of rotatable bonds is 7. The van der Waals surface area contributed by atoms with Crippen LogP contribution in [-0.2, 0) is 14.3 Å². The number of anilines is 1. The molecule has 0 heterocycles. The molecule has 21 heavy (non-hydrogen) atoms. The first-order valence-corrected chi connectivity index (χ1v) is 6.48. The van der Waals surface area contributed by atoms with E-state index < -0.39 is 23.8 Å². The number of esters is 1. The number of amides is 1. The lowest BCUT2D eigenvalue weighted by Gasteiger charge is -2.14. The zero-order valence-electron chi connectivity index (χ0n) is 12.0. The second-order valence-corrected chi connectivity index (χ2v) is 4.42. The first-order chi connectivity index (χ1) is 9.95. The SMILES string of the molecule is COCCCNC(=O)C(C)OC(=O)c1ccc(F)cc1N. The van der Waals surface area contributed by atoms with Crippen LogP contribution < -0.4 is 11.1 Å². The molecule has 1 unspecified atom stereocenters. The van der Waals surface area contributed by atoms with E-state index in [-0.39, 0.29) is 11.3 Å². The Balaban J connectivity index is 2.51. The van der Waals surface area contributed by atoms with Gasteiger partial charge >= 0.3 is 5.97 Å². The van der Waals surface area contributed by atoms with Crippen LogP contribution in [0.1, 0.15) is 23.7 Å². The lowest BCUT2D eigenvalue weighted by Crippen LogP contribution is -2.36. The third-order valence-electron chi connectivity index (χ3n) is 2.71. The van der Waals surface area contributed by atoms with Crippen LogP contribution in [0.4, 0.5) is 10.1 Å². The molecular formula is C14H19FN2O4. The quantitative estimate of drug-likeness (QED) is 0.447. The maximum atomic E-state index is 12.9. The number of halogens is 1. The van der Waals surface area contributed by atoms with E-state index in [1.807, 2.05) is 0 Å². The van der Waals surface area contributed by atoms with Gasteiger partial charge in [-0.15, -0.1) is 0 Å². The van der Waals surface area contributed by atoms with E-state index in [4.69, 9.17) is 15.2 Å². The van der Waals surface area contributed by atoms with Gasteiger partial charge in [0.05, 0.1) is 5.56 Å². The number of nitrogens with two attached hydrogens (primary N) is 1. The summed E-state index contributed by atoms with van der Waals surface area (Å²) >= 11 is 0. The average Bonchev–Trinajstić information content (AvgIpc) is 2.43. The number of carbonyl (C=O) groups excluding carboxylic acids is 2. The van der Waals surface area contributed by atoms with Crippen molar-refractivity contribution in [3.8, 4) is 0 Å². The van der Waals surface area contributed by atoms with Crippen molar-refractivity contribution < 1.29 is 23.5 Å². The zero-order chi connectivity index (χ0) is 15.8. The van der Waals surface area contributed by atoms with E-state index in [1.54, 1.807) is 7.11 Å². The molecule has 0 saturated heterocycles. The number of benzene rings is 1. The Morgan fingerprint density at radius 3 is 2.76 bits per heavy atom. The highest BCUT2D eigenvalue weighted by molar-refractivity contribution is 5.96. The summed E-state index contributed by atoms with van der Waals surface area (Å²) in [5.74, 6) is -1.74. The normalized spacial score (nSPS) is 11.8. The van der Waals surface area contributed by atoms with Gasteiger partial charge < -0.3 is 20.5 Å². The molecule has 116 valence electrons. The fraction of sp³-hybridized carbons (Fsp3) is 0.429. The minimum atomic E-state index is -0.968. The number of ether oxygens (including phenoxy) is 2. The molecule has 0 aromatic heterocycles. The van der Waals surface area contributed by atoms with Crippen LogP contribution in [0.25, 0.3) is 0 Å². The summed E-state index contributed by atoms with van der Waals surface area (Å²) in [6.45, 7) is 2.40. The third-order valence-corrected chi connectivity index (χ3v) is 2.71. The van der Waals surface area contributed by atoms with Crippen LogP contribution in [0.5, 0.6) is 0 Å². The Labute approximate surface area is 122 Å². The van der Waals surface area contributed by atoms with Gasteiger partial charge in [0, 0.05) is 25.9 Å². The molecule has 0 fully saturated rings. The van der Waals surface area contributed by atoms with E-state index >= 15 is 0 Å². The van der Waals surface area contributed by atoms with Crippen LogP contribution in [0.2, 0.25) is 0 Å². The molecule has 0 aliphatic heterocycles. The molecule has 0 aliphatic rings. The Bertz CT molecular complexity index is 508. The van der Waals surface area contributed by atoms with Crippen LogP contribution in [0.3, 0.4) is 0 Å². The third kappa shape index (κ3) is 5.39. The van der Waals surface area contributed by atoms with Gasteiger partial charge in [-0.1, -0.05) is 0 Å². The Kier molecular flexibility index (Phi) is 6.61. The molecule has 0 bridgehead atoms. The summed E-state index contributed by atoms with van der Waals surface area (Å²) in [6.07, 6.45) is -0.308. The van der Waals surface area contributed by atoms with Gasteiger partial charge in [-0.2, -0.15) is 0 Å². The number of hydrogen-bond donors (Lipinski definition) is 2. The van der Waals surface area contributed by atoms with E-state index in [2.05, 4.69) is 5.32 Å². The summed E-state index contributed by atoms with van der Waals surface area (Å²) in [7, 11) is 1.57. The van der Waals surface area contributed by atoms with Crippen LogP contribution in [-0.4, -0.2) is 38.2 Å². The van der Waals surface area contributed by atoms with Gasteiger partial charge in [-0.05, 0) is 31.5 Å². The highest BCUT2D eigenvalue weighted by atomic mass is 19.1. The van der Waals surface area contributed by atoms with Crippen molar-refractivity contribution in [3.63, 3.8) is 0 Å². The molecule has 1 amide bonds. The zero-order valence-corrected chi connectivity index (χ0v) is 12.0. The summed E-state index contributed by atoms with van der Waals surface area (Å²) in [6, 6.07) is 3.34. The topological polar surface area (TPSA) is 90.6 Å². The van der Waals surface area contributed by atoms with E-state index in [1.165, 1.54) is 13.0 Å². The van der Waals surface area contributed by atoms with Crippen molar-refractivity contribution in [1.29, 1.82) is 0 Å². The van der Waals surface area contributed by atoms with Gasteiger partial charge in [-0.25, -0.2) is 9.18 Å². The molecule has 6 nitrogen and oxygen atoms in total. The molecular weight excluding hydrogens is 279 g/mol. The molecule has 7 heteroatoms. The number of hydrogen-bond acceptors (Lipinski definition) is 5. The largest absolute Gasteiger partial charge is 0.449 e. The highest BCUT2D eigenvalue weighted by Gasteiger charge is 2.20. The van der Waals surface area contributed by atoms with E-state index in [0.717, 1.165) is 12.1 Å². The number of carbonyl (C=O) groups is 2. The predicted molar refractivity (Wildman–Crippen MR) is 75.2 cm³/mol. The molecule has 1 aromatic rings. The van der Waals surface area contributed by atoms with Crippen molar-refractivity contribution in [3.05, 3.63) is 29.6 Å². The predicted octanol–water partition coefficient (Wildman–Crippen LogP) is 1.11. The number of nitrogen functional groups attached to an aromatic ring is 1. The summed E-state index contributed by atoms with van der Waals surface area (Å²) in [4.78, 5) is 23.5. The van der Waals surface area contributed by atoms with E-state index in [9.17, 15) is 14.0 Å². The summed E-state index contributed by atoms with van der Waals surface area (Å²) in [5.41, 5.74) is 5.52. The van der Waals surface area contributed by atoms with Crippen molar-refractivity contribution in [2.45, 2.75) is 19.4 Å². The average molecular weight is 298 g/mol. The lowest BCUT2D eigenvalue weighted by atomic mass is 10.2. The molecule has 1 atom stereocenters. The van der Waals surface area contributed by atoms with Crippen molar-refractivity contribution in [2.24, 2.45) is 0 Å². The highest BCUT2D eigenvalue weighted by Crippen LogP contribution is 2.15. The molecule has 3 N–H and O–H groups in total. The maximum absolute atomic E-state index is 12.9. The van der Waals surface area contributed by atoms with Crippen LogP contribution in [0, 0.1) is 5.82 Å². The molecule has 1 aromatic carbocycles. The first kappa shape index (κ1) is 16.9. The number of methoxy groups -OCH3 is 1. The second kappa shape index (κ2) is 8.21. The fourth-order valence-corrected chi connectivity index (χ4v) is 1.57. The Morgan fingerprint density at radius 2 is 2.14 bits per heavy atom. The van der Waals surface area contributed by atoms with Gasteiger partial charge in [0.25, 0.3) is 5.91 Å². The van der Waals surface area contributed by atoms with Crippen molar-refractivity contribution in [1.82, 2.24) is 5.32 Å². The summed E-state index contributed by atoms with van der Waals surface area (Å²) < 4.78 is 22.7. The molecule has 1 rings (SSSR count). The molecule has 0 radical (unpaired) electrons. The minimum Gasteiger partial charge on any atom is -0.449 e. The van der Waals surface area contributed by atoms with Crippen LogP contribution in [0.15, 0.2) is 18.2 Å². The maximum Gasteiger partial charge on any atom is 0.341 e.